The van der Waals surface area contributed by atoms with Gasteiger partial charge in [0.2, 0.25) is 5.91 Å². The number of fused-ring (bicyclic) bond motifs is 1. The van der Waals surface area contributed by atoms with Crippen LogP contribution >= 0.6 is 27.3 Å². The molecule has 132 valence electrons. The van der Waals surface area contributed by atoms with Gasteiger partial charge in [0.1, 0.15) is 5.00 Å². The number of hydrogen-bond acceptors (Lipinski definition) is 5. The van der Waals surface area contributed by atoms with Crippen molar-refractivity contribution >= 4 is 49.9 Å². The fourth-order valence-electron chi connectivity index (χ4n) is 2.95. The van der Waals surface area contributed by atoms with Gasteiger partial charge in [-0.3, -0.25) is 9.59 Å². The molecule has 1 aliphatic rings. The Morgan fingerprint density at radius 2 is 2.08 bits per heavy atom. The Morgan fingerprint density at radius 3 is 2.67 bits per heavy atom. The lowest BCUT2D eigenvalue weighted by Gasteiger charge is -2.26. The Labute approximate surface area is 154 Å². The molecule has 0 aromatic carbocycles. The topological polar surface area (TPSA) is 72.5 Å². The van der Waals surface area contributed by atoms with E-state index in [1.807, 2.05) is 0 Å². The highest BCUT2D eigenvalue weighted by Gasteiger charge is 2.39. The van der Waals surface area contributed by atoms with Crippen LogP contribution in [0.4, 0.5) is 5.00 Å². The average molecular weight is 416 g/mol. The number of esters is 1. The molecule has 1 N–H and O–H groups in total. The highest BCUT2D eigenvalue weighted by Crippen LogP contribution is 2.43. The van der Waals surface area contributed by atoms with E-state index in [0.717, 1.165) is 24.8 Å². The molecular weight excluding hydrogens is 394 g/mol. The summed E-state index contributed by atoms with van der Waals surface area (Å²) in [6, 6.07) is 0. The highest BCUT2D eigenvalue weighted by atomic mass is 79.9. The smallest absolute Gasteiger partial charge is 0.341 e. The van der Waals surface area contributed by atoms with Crippen LogP contribution in [0.5, 0.6) is 0 Å². The zero-order valence-electron chi connectivity index (χ0n) is 14.1. The molecule has 2 atom stereocenters. The minimum atomic E-state index is -0.478. The first-order valence-electron chi connectivity index (χ1n) is 8.19. The van der Waals surface area contributed by atoms with Gasteiger partial charge in [-0.05, 0) is 31.2 Å². The van der Waals surface area contributed by atoms with Crippen LogP contribution < -0.4 is 5.32 Å². The van der Waals surface area contributed by atoms with Gasteiger partial charge in [0.05, 0.1) is 21.9 Å². The molecule has 24 heavy (non-hydrogen) atoms. The summed E-state index contributed by atoms with van der Waals surface area (Å²) in [5.74, 6) is -0.610. The number of rotatable bonds is 6. The molecular formula is C17H22BrNO4S. The van der Waals surface area contributed by atoms with Crippen molar-refractivity contribution in [1.82, 2.24) is 0 Å². The van der Waals surface area contributed by atoms with Crippen LogP contribution in [-0.2, 0) is 16.0 Å². The number of hydrogen-bond donors (Lipinski definition) is 1. The fourth-order valence-corrected chi connectivity index (χ4v) is 5.02. The first-order chi connectivity index (χ1) is 11.4. The number of Topliss-reactive ketones (excluding diaryl/α,β-unsaturated/α-hetero) is 1. The highest BCUT2D eigenvalue weighted by molar-refractivity contribution is 9.10. The SMILES string of the molecule is CCCCC1Cc2c(sc(NC(C)=O)c2C(=O)OCC)C(=O)C1Br. The van der Waals surface area contributed by atoms with E-state index in [1.54, 1.807) is 6.92 Å². The molecule has 1 heterocycles. The van der Waals surface area contributed by atoms with Gasteiger partial charge in [-0.2, -0.15) is 0 Å². The normalized spacial score (nSPS) is 19.8. The lowest BCUT2D eigenvalue weighted by atomic mass is 9.82. The third kappa shape index (κ3) is 3.88. The van der Waals surface area contributed by atoms with Crippen LogP contribution in [0.3, 0.4) is 0 Å². The third-order valence-electron chi connectivity index (χ3n) is 4.06. The summed E-state index contributed by atoms with van der Waals surface area (Å²) in [5.41, 5.74) is 1.07. The van der Waals surface area contributed by atoms with E-state index in [4.69, 9.17) is 4.74 Å². The Balaban J connectivity index is 2.47. The number of unbranched alkanes of at least 4 members (excludes halogenated alkanes) is 1. The summed E-state index contributed by atoms with van der Waals surface area (Å²) < 4.78 is 5.15. The second-order valence-electron chi connectivity index (χ2n) is 5.89. The van der Waals surface area contributed by atoms with Crippen molar-refractivity contribution in [2.75, 3.05) is 11.9 Å². The van der Waals surface area contributed by atoms with Crippen LogP contribution in [0.1, 0.15) is 65.6 Å². The lowest BCUT2D eigenvalue weighted by molar-refractivity contribution is -0.114. The minimum Gasteiger partial charge on any atom is -0.462 e. The van der Waals surface area contributed by atoms with E-state index >= 15 is 0 Å². The molecule has 1 aromatic heterocycles. The number of thiophene rings is 1. The Hall–Kier alpha value is -1.21. The number of amides is 1. The molecule has 5 nitrogen and oxygen atoms in total. The summed E-state index contributed by atoms with van der Waals surface area (Å²) in [5, 5.41) is 3.09. The van der Waals surface area contributed by atoms with E-state index in [0.29, 0.717) is 21.9 Å². The van der Waals surface area contributed by atoms with Gasteiger partial charge in [-0.25, -0.2) is 4.79 Å². The summed E-state index contributed by atoms with van der Waals surface area (Å²) in [6.07, 6.45) is 3.65. The standard InChI is InChI=1S/C17H22BrNO4S/c1-4-6-7-10-8-11-12(17(22)23-5-2)16(19-9(3)20)24-15(11)14(21)13(10)18/h10,13H,4-8H2,1-3H3,(H,19,20). The van der Waals surface area contributed by atoms with Crippen LogP contribution in [0.2, 0.25) is 0 Å². The van der Waals surface area contributed by atoms with E-state index in [-0.39, 0.29) is 29.0 Å². The number of anilines is 1. The van der Waals surface area contributed by atoms with Crippen molar-refractivity contribution in [2.24, 2.45) is 5.92 Å². The van der Waals surface area contributed by atoms with Crippen molar-refractivity contribution in [3.05, 3.63) is 16.0 Å². The third-order valence-corrected chi connectivity index (χ3v) is 6.38. The number of ether oxygens (including phenoxy) is 1. The molecule has 0 bridgehead atoms. The molecule has 0 saturated heterocycles. The number of ketones is 1. The van der Waals surface area contributed by atoms with Gasteiger partial charge in [0, 0.05) is 6.92 Å². The minimum absolute atomic E-state index is 0.00972. The number of halogens is 1. The first-order valence-corrected chi connectivity index (χ1v) is 9.92. The Bertz CT molecular complexity index is 655. The lowest BCUT2D eigenvalue weighted by Crippen LogP contribution is -2.31. The van der Waals surface area contributed by atoms with E-state index < -0.39 is 5.97 Å². The molecule has 7 heteroatoms. The largest absolute Gasteiger partial charge is 0.462 e. The Kier molecular flexibility index (Phi) is 6.57. The molecule has 0 aliphatic heterocycles. The maximum Gasteiger partial charge on any atom is 0.341 e. The molecule has 0 spiro atoms. The summed E-state index contributed by atoms with van der Waals surface area (Å²) in [4.78, 5) is 36.9. The van der Waals surface area contributed by atoms with Crippen molar-refractivity contribution in [2.45, 2.75) is 51.3 Å². The number of carbonyl (C=O) groups is 3. The van der Waals surface area contributed by atoms with Crippen molar-refractivity contribution in [1.29, 1.82) is 0 Å². The van der Waals surface area contributed by atoms with Gasteiger partial charge in [0.25, 0.3) is 0 Å². The molecule has 1 aliphatic carbocycles. The summed E-state index contributed by atoms with van der Waals surface area (Å²) in [6.45, 7) is 5.48. The predicted octanol–water partition coefficient (Wildman–Crippen LogP) is 4.19. The van der Waals surface area contributed by atoms with Crippen LogP contribution in [0, 0.1) is 5.92 Å². The number of alkyl halides is 1. The molecule has 2 rings (SSSR count). The van der Waals surface area contributed by atoms with Crippen LogP contribution in [0.15, 0.2) is 0 Å². The zero-order chi connectivity index (χ0) is 17.9. The van der Waals surface area contributed by atoms with Gasteiger partial charge < -0.3 is 10.1 Å². The maximum atomic E-state index is 12.7. The zero-order valence-corrected chi connectivity index (χ0v) is 16.5. The van der Waals surface area contributed by atoms with E-state index in [1.165, 1.54) is 18.3 Å². The number of nitrogens with one attached hydrogen (secondary N) is 1. The molecule has 1 amide bonds. The van der Waals surface area contributed by atoms with Crippen molar-refractivity contribution in [3.8, 4) is 0 Å². The number of carbonyl (C=O) groups excluding carboxylic acids is 3. The first kappa shape index (κ1) is 19.1. The molecule has 0 saturated carbocycles. The predicted molar refractivity (Wildman–Crippen MR) is 98.3 cm³/mol. The average Bonchev–Trinajstić information content (AvgIpc) is 2.87. The fraction of sp³-hybridized carbons (Fsp3) is 0.588. The second-order valence-corrected chi connectivity index (χ2v) is 7.90. The van der Waals surface area contributed by atoms with Gasteiger partial charge in [0.15, 0.2) is 5.78 Å². The Morgan fingerprint density at radius 1 is 1.38 bits per heavy atom. The van der Waals surface area contributed by atoms with Gasteiger partial charge >= 0.3 is 5.97 Å². The molecule has 0 radical (unpaired) electrons. The monoisotopic (exact) mass is 415 g/mol. The maximum absolute atomic E-state index is 12.7. The van der Waals surface area contributed by atoms with Crippen molar-refractivity contribution < 1.29 is 19.1 Å². The van der Waals surface area contributed by atoms with E-state index in [9.17, 15) is 14.4 Å². The second kappa shape index (κ2) is 8.25. The van der Waals surface area contributed by atoms with Crippen LogP contribution in [0.25, 0.3) is 0 Å². The summed E-state index contributed by atoms with van der Waals surface area (Å²) >= 11 is 4.70. The molecule has 2 unspecified atom stereocenters. The van der Waals surface area contributed by atoms with Crippen molar-refractivity contribution in [3.63, 3.8) is 0 Å². The van der Waals surface area contributed by atoms with E-state index in [2.05, 4.69) is 28.2 Å². The van der Waals surface area contributed by atoms with Crippen LogP contribution in [-0.4, -0.2) is 29.1 Å². The summed E-state index contributed by atoms with van der Waals surface area (Å²) in [7, 11) is 0. The van der Waals surface area contributed by atoms with Gasteiger partial charge in [-0.1, -0.05) is 35.7 Å². The quantitative estimate of drug-likeness (QED) is 0.558. The molecule has 0 fully saturated rings. The molecule has 1 aromatic rings. The van der Waals surface area contributed by atoms with Gasteiger partial charge in [-0.15, -0.1) is 11.3 Å².